The summed E-state index contributed by atoms with van der Waals surface area (Å²) in [4.78, 5) is 15.6. The minimum Gasteiger partial charge on any atom is -0.472 e. The Morgan fingerprint density at radius 3 is 3.00 bits per heavy atom. The van der Waals surface area contributed by atoms with Crippen LogP contribution >= 0.6 is 35.0 Å². The van der Waals surface area contributed by atoms with Crippen LogP contribution in [0.15, 0.2) is 23.2 Å². The molecule has 0 unspecified atom stereocenters. The Labute approximate surface area is 124 Å². The van der Waals surface area contributed by atoms with Crippen molar-refractivity contribution in [1.82, 2.24) is 10.6 Å². The predicted molar refractivity (Wildman–Crippen MR) is 78.4 cm³/mol. The van der Waals surface area contributed by atoms with Crippen LogP contribution in [0.2, 0.25) is 10.0 Å². The Balaban J connectivity index is 1.75. The molecule has 0 aliphatic carbocycles. The van der Waals surface area contributed by atoms with Gasteiger partial charge in [-0.2, -0.15) is 0 Å². The number of ether oxygens (including phenoxy) is 1. The summed E-state index contributed by atoms with van der Waals surface area (Å²) in [7, 11) is 0. The molecule has 1 aromatic carbocycles. The summed E-state index contributed by atoms with van der Waals surface area (Å²) in [6.07, 6.45) is 0. The third-order valence-corrected chi connectivity index (χ3v) is 3.58. The minimum atomic E-state index is -0.363. The molecule has 2 rings (SSSR count). The molecule has 1 aliphatic rings. The first-order valence-corrected chi connectivity index (χ1v) is 7.19. The zero-order chi connectivity index (χ0) is 13.7. The van der Waals surface area contributed by atoms with E-state index < -0.39 is 0 Å². The molecule has 2 N–H and O–H groups in total. The molecule has 1 aliphatic heterocycles. The highest BCUT2D eigenvalue weighted by Crippen LogP contribution is 2.27. The highest BCUT2D eigenvalue weighted by atomic mass is 35.5. The number of hydrogen-bond donors (Lipinski definition) is 2. The monoisotopic (exact) mass is 319 g/mol. The first-order valence-electron chi connectivity index (χ1n) is 5.45. The van der Waals surface area contributed by atoms with Crippen LogP contribution in [0.5, 0.6) is 5.75 Å². The average molecular weight is 320 g/mol. The largest absolute Gasteiger partial charge is 0.472 e. The molecule has 2 amide bonds. The first kappa shape index (κ1) is 14.3. The van der Waals surface area contributed by atoms with Gasteiger partial charge in [-0.25, -0.2) is 4.79 Å². The first-order chi connectivity index (χ1) is 9.15. The van der Waals surface area contributed by atoms with Gasteiger partial charge in [-0.05, 0) is 18.2 Å². The van der Waals surface area contributed by atoms with E-state index in [-0.39, 0.29) is 12.8 Å². The fourth-order valence-electron chi connectivity index (χ4n) is 1.32. The summed E-state index contributed by atoms with van der Waals surface area (Å²) >= 11 is 13.2. The van der Waals surface area contributed by atoms with Crippen LogP contribution in [0.3, 0.4) is 0 Å². The Kier molecular flexibility index (Phi) is 5.18. The SMILES string of the molecule is O=C(NCOc1ccc(Cl)cc1Cl)NC1=NCCS1. The lowest BCUT2D eigenvalue weighted by Crippen LogP contribution is -2.39. The van der Waals surface area contributed by atoms with Crippen LogP contribution in [0.25, 0.3) is 0 Å². The fourth-order valence-corrected chi connectivity index (χ4v) is 2.51. The number of rotatable bonds is 3. The van der Waals surface area contributed by atoms with Gasteiger partial charge in [0.15, 0.2) is 11.9 Å². The summed E-state index contributed by atoms with van der Waals surface area (Å²) < 4.78 is 5.32. The Morgan fingerprint density at radius 2 is 2.32 bits per heavy atom. The maximum absolute atomic E-state index is 11.5. The zero-order valence-corrected chi connectivity index (χ0v) is 12.1. The number of carbonyl (C=O) groups is 1. The number of carbonyl (C=O) groups excluding carboxylic acids is 1. The Morgan fingerprint density at radius 1 is 1.47 bits per heavy atom. The zero-order valence-electron chi connectivity index (χ0n) is 9.78. The Hall–Kier alpha value is -1.11. The van der Waals surface area contributed by atoms with E-state index in [1.165, 1.54) is 11.8 Å². The van der Waals surface area contributed by atoms with E-state index in [9.17, 15) is 4.79 Å². The third kappa shape index (κ3) is 4.49. The van der Waals surface area contributed by atoms with Crippen LogP contribution in [-0.4, -0.2) is 30.2 Å². The van der Waals surface area contributed by atoms with Crippen LogP contribution in [0, 0.1) is 0 Å². The summed E-state index contributed by atoms with van der Waals surface area (Å²) in [6.45, 7) is 0.738. The van der Waals surface area contributed by atoms with Gasteiger partial charge in [-0.15, -0.1) is 0 Å². The van der Waals surface area contributed by atoms with E-state index in [1.54, 1.807) is 18.2 Å². The van der Waals surface area contributed by atoms with Crippen molar-refractivity contribution in [3.05, 3.63) is 28.2 Å². The maximum Gasteiger partial charge on any atom is 0.323 e. The average Bonchev–Trinajstić information content (AvgIpc) is 2.84. The lowest BCUT2D eigenvalue weighted by Gasteiger charge is -2.10. The number of halogens is 2. The van der Waals surface area contributed by atoms with Crippen LogP contribution in [0.1, 0.15) is 0 Å². The fraction of sp³-hybridized carbons (Fsp3) is 0.273. The number of thioether (sulfide) groups is 1. The maximum atomic E-state index is 11.5. The van der Waals surface area contributed by atoms with Crippen molar-refractivity contribution in [3.8, 4) is 5.75 Å². The number of aliphatic imine (C=N–C) groups is 1. The van der Waals surface area contributed by atoms with Gasteiger partial charge >= 0.3 is 6.03 Å². The quantitative estimate of drug-likeness (QED) is 0.842. The van der Waals surface area contributed by atoms with Gasteiger partial charge in [-0.1, -0.05) is 35.0 Å². The van der Waals surface area contributed by atoms with Crippen molar-refractivity contribution in [2.45, 2.75) is 0 Å². The van der Waals surface area contributed by atoms with Gasteiger partial charge in [0.25, 0.3) is 0 Å². The molecule has 0 saturated carbocycles. The Bertz CT molecular complexity index is 511. The number of urea groups is 1. The van der Waals surface area contributed by atoms with Crippen molar-refractivity contribution >= 4 is 46.2 Å². The third-order valence-electron chi connectivity index (χ3n) is 2.16. The summed E-state index contributed by atoms with van der Waals surface area (Å²) in [6, 6.07) is 4.51. The molecule has 0 saturated heterocycles. The van der Waals surface area contributed by atoms with Crippen LogP contribution < -0.4 is 15.4 Å². The van der Waals surface area contributed by atoms with Gasteiger partial charge in [-0.3, -0.25) is 10.3 Å². The number of hydrogen-bond acceptors (Lipinski definition) is 4. The second-order valence-corrected chi connectivity index (χ2v) is 5.46. The van der Waals surface area contributed by atoms with Crippen molar-refractivity contribution in [1.29, 1.82) is 0 Å². The molecule has 0 atom stereocenters. The highest BCUT2D eigenvalue weighted by Gasteiger charge is 2.10. The number of amidine groups is 1. The number of nitrogens with zero attached hydrogens (tertiary/aromatic N) is 1. The minimum absolute atomic E-state index is 0.00509. The second-order valence-electron chi connectivity index (χ2n) is 3.53. The van der Waals surface area contributed by atoms with Crippen molar-refractivity contribution in [2.75, 3.05) is 19.0 Å². The normalized spacial score (nSPS) is 13.9. The van der Waals surface area contributed by atoms with Gasteiger partial charge in [0.2, 0.25) is 0 Å². The highest BCUT2D eigenvalue weighted by molar-refractivity contribution is 8.14. The summed E-state index contributed by atoms with van der Waals surface area (Å²) in [5.74, 6) is 1.35. The van der Waals surface area contributed by atoms with Gasteiger partial charge in [0.05, 0.1) is 11.6 Å². The predicted octanol–water partition coefficient (Wildman–Crippen LogP) is 2.73. The molecule has 0 spiro atoms. The van der Waals surface area contributed by atoms with Crippen LogP contribution in [0.4, 0.5) is 4.79 Å². The summed E-state index contributed by atoms with van der Waals surface area (Å²) in [5.41, 5.74) is 0. The molecule has 1 heterocycles. The molecule has 0 bridgehead atoms. The van der Waals surface area contributed by atoms with Gasteiger partial charge in [0.1, 0.15) is 5.75 Å². The lowest BCUT2D eigenvalue weighted by atomic mass is 10.3. The number of nitrogens with one attached hydrogen (secondary N) is 2. The van der Waals surface area contributed by atoms with E-state index >= 15 is 0 Å². The van der Waals surface area contributed by atoms with E-state index in [2.05, 4.69) is 15.6 Å². The lowest BCUT2D eigenvalue weighted by molar-refractivity contribution is 0.228. The summed E-state index contributed by atoms with van der Waals surface area (Å²) in [5, 5.41) is 6.71. The second kappa shape index (κ2) is 6.88. The van der Waals surface area contributed by atoms with Crippen molar-refractivity contribution in [3.63, 3.8) is 0 Å². The molecule has 0 radical (unpaired) electrons. The van der Waals surface area contributed by atoms with E-state index in [0.717, 1.165) is 12.3 Å². The molecule has 8 heteroatoms. The van der Waals surface area contributed by atoms with Gasteiger partial charge < -0.3 is 10.1 Å². The van der Waals surface area contributed by atoms with E-state index in [1.807, 2.05) is 0 Å². The molecule has 19 heavy (non-hydrogen) atoms. The number of amides is 2. The molecule has 102 valence electrons. The molecular formula is C11H11Cl2N3O2S. The van der Waals surface area contributed by atoms with Crippen molar-refractivity contribution < 1.29 is 9.53 Å². The van der Waals surface area contributed by atoms with E-state index in [4.69, 9.17) is 27.9 Å². The van der Waals surface area contributed by atoms with Crippen LogP contribution in [-0.2, 0) is 0 Å². The molecule has 5 nitrogen and oxygen atoms in total. The van der Waals surface area contributed by atoms with Crippen molar-refractivity contribution in [2.24, 2.45) is 4.99 Å². The molecule has 1 aromatic rings. The molecular weight excluding hydrogens is 309 g/mol. The number of benzene rings is 1. The topological polar surface area (TPSA) is 62.7 Å². The smallest absolute Gasteiger partial charge is 0.323 e. The standard InChI is InChI=1S/C11H11Cl2N3O2S/c12-7-1-2-9(8(13)5-7)18-6-15-10(17)16-11-14-3-4-19-11/h1-2,5H,3-4,6H2,(H2,14,15,16,17). The molecule has 0 fully saturated rings. The molecule has 0 aromatic heterocycles. The van der Waals surface area contributed by atoms with Gasteiger partial charge in [0, 0.05) is 10.8 Å². The van der Waals surface area contributed by atoms with E-state index in [0.29, 0.717) is 21.0 Å².